The van der Waals surface area contributed by atoms with Gasteiger partial charge in [0.05, 0.1) is 35.9 Å². The average molecular weight is 421 g/mol. The Balaban J connectivity index is 2.19. The molecule has 0 spiro atoms. The second-order valence-corrected chi connectivity index (χ2v) is 6.19. The van der Waals surface area contributed by atoms with E-state index in [0.717, 1.165) is 12.1 Å². The third-order valence-electron chi connectivity index (χ3n) is 4.30. The summed E-state index contributed by atoms with van der Waals surface area (Å²) in [6.45, 7) is 2.04. The van der Waals surface area contributed by atoms with Gasteiger partial charge in [0.2, 0.25) is 0 Å². The van der Waals surface area contributed by atoms with Gasteiger partial charge in [-0.2, -0.15) is 13.2 Å². The molecule has 0 amide bonds. The fourth-order valence-electron chi connectivity index (χ4n) is 2.83. The van der Waals surface area contributed by atoms with E-state index in [9.17, 15) is 18.0 Å². The van der Waals surface area contributed by atoms with Crippen molar-refractivity contribution in [1.82, 2.24) is 20.0 Å². The Morgan fingerprint density at radius 3 is 2.60 bits per heavy atom. The lowest BCUT2D eigenvalue weighted by Crippen LogP contribution is -2.25. The number of carbonyl (C=O) groups excluding carboxylic acids is 1. The molecule has 0 radical (unpaired) electrons. The third-order valence-corrected chi connectivity index (χ3v) is 4.30. The molecule has 0 saturated carbocycles. The van der Waals surface area contributed by atoms with E-state index in [1.54, 1.807) is 14.0 Å². The van der Waals surface area contributed by atoms with Gasteiger partial charge < -0.3 is 9.30 Å². The van der Waals surface area contributed by atoms with Gasteiger partial charge in [-0.15, -0.1) is 0 Å². The molecule has 158 valence electrons. The molecule has 0 fully saturated rings. The summed E-state index contributed by atoms with van der Waals surface area (Å²) in [5, 5.41) is 8.01. The van der Waals surface area contributed by atoms with Gasteiger partial charge >= 0.3 is 12.1 Å². The predicted molar refractivity (Wildman–Crippen MR) is 102 cm³/mol. The second-order valence-electron chi connectivity index (χ2n) is 6.19. The highest BCUT2D eigenvalue weighted by atomic mass is 19.4. The Bertz CT molecular complexity index is 1120. The number of fused-ring (bicyclic) bond motifs is 1. The number of imidazole rings is 1. The molecule has 0 saturated heterocycles. The van der Waals surface area contributed by atoms with Crippen LogP contribution in [0.4, 0.5) is 13.2 Å². The number of aryl methyl sites for hydroxylation is 1. The van der Waals surface area contributed by atoms with Gasteiger partial charge in [-0.1, -0.05) is 0 Å². The van der Waals surface area contributed by atoms with E-state index in [1.165, 1.54) is 29.9 Å². The maximum atomic E-state index is 13.1. The van der Waals surface area contributed by atoms with Crippen LogP contribution >= 0.6 is 0 Å². The van der Waals surface area contributed by atoms with Gasteiger partial charge in [-0.25, -0.2) is 20.2 Å². The molecule has 2 heterocycles. The zero-order valence-electron chi connectivity index (χ0n) is 16.3. The summed E-state index contributed by atoms with van der Waals surface area (Å²) in [5.41, 5.74) is 2.35. The van der Waals surface area contributed by atoms with Crippen molar-refractivity contribution in [3.05, 3.63) is 47.2 Å². The summed E-state index contributed by atoms with van der Waals surface area (Å²) in [6.07, 6.45) is -4.51. The van der Waals surface area contributed by atoms with E-state index < -0.39 is 17.7 Å². The number of aromatic nitrogens is 3. The molecule has 0 atom stereocenters. The summed E-state index contributed by atoms with van der Waals surface area (Å²) >= 11 is 0. The Morgan fingerprint density at radius 2 is 1.97 bits per heavy atom. The number of nitrogens with one attached hydrogen (secondary N) is 2. The lowest BCUT2D eigenvalue weighted by atomic mass is 10.1. The van der Waals surface area contributed by atoms with E-state index in [0.29, 0.717) is 12.1 Å². The van der Waals surface area contributed by atoms with Crippen LogP contribution in [-0.4, -0.2) is 40.1 Å². The van der Waals surface area contributed by atoms with Gasteiger partial charge in [0.1, 0.15) is 11.4 Å². The van der Waals surface area contributed by atoms with Crippen LogP contribution in [0.3, 0.4) is 0 Å². The van der Waals surface area contributed by atoms with Crippen LogP contribution in [0, 0.1) is 5.41 Å². The van der Waals surface area contributed by atoms with Crippen LogP contribution in [-0.2, 0) is 22.8 Å². The SMILES string of the molecule is CCONC(=N)c1ccc(C(=O)OC)c(-c2nc3cc(C(F)(F)F)ccc3n2C)n1. The number of amidine groups is 1. The number of pyridine rings is 1. The quantitative estimate of drug-likeness (QED) is 0.284. The number of hydrogen-bond acceptors (Lipinski definition) is 6. The number of carbonyl (C=O) groups is 1. The smallest absolute Gasteiger partial charge is 0.416 e. The average Bonchev–Trinajstić information content (AvgIpc) is 3.06. The standard InChI is InChI=1S/C19H18F3N5O3/c1-4-30-26-16(23)12-7-6-11(18(28)29-3)15(24-12)17-25-13-9-10(19(20,21)22)5-8-14(13)27(17)2/h5-9H,4H2,1-3H3,(H2,23,26). The van der Waals surface area contributed by atoms with Crippen LogP contribution in [0.5, 0.6) is 0 Å². The first-order chi connectivity index (χ1) is 14.2. The van der Waals surface area contributed by atoms with Crippen molar-refractivity contribution in [1.29, 1.82) is 5.41 Å². The minimum atomic E-state index is -4.51. The molecule has 0 aliphatic rings. The number of ether oxygens (including phenoxy) is 1. The summed E-state index contributed by atoms with van der Waals surface area (Å²) in [6, 6.07) is 6.02. The van der Waals surface area contributed by atoms with Crippen LogP contribution < -0.4 is 5.48 Å². The first-order valence-corrected chi connectivity index (χ1v) is 8.77. The zero-order valence-corrected chi connectivity index (χ0v) is 16.3. The Morgan fingerprint density at radius 1 is 1.23 bits per heavy atom. The normalized spacial score (nSPS) is 11.5. The Kier molecular flexibility index (Phi) is 5.74. The minimum absolute atomic E-state index is 0.0555. The molecule has 0 aliphatic carbocycles. The first kappa shape index (κ1) is 21.2. The number of methoxy groups -OCH3 is 1. The fourth-order valence-corrected chi connectivity index (χ4v) is 2.83. The summed E-state index contributed by atoms with van der Waals surface area (Å²) in [5.74, 6) is -0.709. The largest absolute Gasteiger partial charge is 0.465 e. The van der Waals surface area contributed by atoms with Crippen molar-refractivity contribution < 1.29 is 27.5 Å². The molecule has 2 N–H and O–H groups in total. The number of hydroxylamine groups is 1. The fraction of sp³-hybridized carbons (Fsp3) is 0.263. The maximum absolute atomic E-state index is 13.1. The lowest BCUT2D eigenvalue weighted by molar-refractivity contribution is -0.137. The molecule has 3 aromatic rings. The molecular formula is C19H18F3N5O3. The van der Waals surface area contributed by atoms with E-state index >= 15 is 0 Å². The number of benzene rings is 1. The third kappa shape index (κ3) is 3.96. The number of rotatable bonds is 5. The summed E-state index contributed by atoms with van der Waals surface area (Å²) in [7, 11) is 2.79. The molecule has 0 bridgehead atoms. The molecular weight excluding hydrogens is 403 g/mol. The molecule has 0 unspecified atom stereocenters. The van der Waals surface area contributed by atoms with Crippen LogP contribution in [0.2, 0.25) is 0 Å². The van der Waals surface area contributed by atoms with Gasteiger partial charge in [0.15, 0.2) is 11.7 Å². The van der Waals surface area contributed by atoms with Crippen molar-refractivity contribution in [2.75, 3.05) is 13.7 Å². The number of esters is 1. The molecule has 2 aromatic heterocycles. The number of hydrogen-bond donors (Lipinski definition) is 2. The Hall–Kier alpha value is -3.47. The minimum Gasteiger partial charge on any atom is -0.465 e. The van der Waals surface area contributed by atoms with Crippen molar-refractivity contribution >= 4 is 22.8 Å². The van der Waals surface area contributed by atoms with E-state index in [1.807, 2.05) is 0 Å². The predicted octanol–water partition coefficient (Wildman–Crippen LogP) is 3.31. The monoisotopic (exact) mass is 421 g/mol. The van der Waals surface area contributed by atoms with Crippen molar-refractivity contribution in [3.8, 4) is 11.5 Å². The molecule has 1 aromatic carbocycles. The van der Waals surface area contributed by atoms with Gasteiger partial charge in [0.25, 0.3) is 0 Å². The van der Waals surface area contributed by atoms with Crippen molar-refractivity contribution in [2.45, 2.75) is 13.1 Å². The second kappa shape index (κ2) is 8.11. The number of nitrogens with zero attached hydrogens (tertiary/aromatic N) is 3. The lowest BCUT2D eigenvalue weighted by Gasteiger charge is -2.11. The van der Waals surface area contributed by atoms with E-state index in [-0.39, 0.29) is 34.1 Å². The summed E-state index contributed by atoms with van der Waals surface area (Å²) < 4.78 is 45.5. The van der Waals surface area contributed by atoms with Crippen molar-refractivity contribution in [3.63, 3.8) is 0 Å². The maximum Gasteiger partial charge on any atom is 0.416 e. The van der Waals surface area contributed by atoms with Crippen LogP contribution in [0.1, 0.15) is 28.5 Å². The molecule has 30 heavy (non-hydrogen) atoms. The first-order valence-electron chi connectivity index (χ1n) is 8.77. The highest BCUT2D eigenvalue weighted by molar-refractivity contribution is 5.99. The molecule has 8 nitrogen and oxygen atoms in total. The number of halogens is 3. The highest BCUT2D eigenvalue weighted by Gasteiger charge is 2.31. The van der Waals surface area contributed by atoms with Gasteiger partial charge in [-0.05, 0) is 37.3 Å². The van der Waals surface area contributed by atoms with E-state index in [4.69, 9.17) is 15.0 Å². The van der Waals surface area contributed by atoms with Crippen molar-refractivity contribution in [2.24, 2.45) is 7.05 Å². The topological polar surface area (TPSA) is 102 Å². The Labute approximate surface area is 169 Å². The zero-order chi connectivity index (χ0) is 22.1. The van der Waals surface area contributed by atoms with Crippen LogP contribution in [0.25, 0.3) is 22.6 Å². The van der Waals surface area contributed by atoms with Gasteiger partial charge in [-0.3, -0.25) is 10.2 Å². The number of alkyl halides is 3. The summed E-state index contributed by atoms with van der Waals surface area (Å²) in [4.78, 5) is 25.8. The van der Waals surface area contributed by atoms with E-state index in [2.05, 4.69) is 15.4 Å². The molecule has 11 heteroatoms. The highest BCUT2D eigenvalue weighted by Crippen LogP contribution is 2.33. The molecule has 0 aliphatic heterocycles. The van der Waals surface area contributed by atoms with Crippen LogP contribution in [0.15, 0.2) is 30.3 Å². The van der Waals surface area contributed by atoms with Gasteiger partial charge in [0, 0.05) is 7.05 Å². The molecule has 3 rings (SSSR count).